The molecule has 0 atom stereocenters. The van der Waals surface area contributed by atoms with Crippen molar-refractivity contribution >= 4 is 72.4 Å². The Bertz CT molecular complexity index is 1700. The number of nitriles is 1. The smallest absolute Gasteiger partial charge is 0.345 e. The number of rotatable bonds is 3. The van der Waals surface area contributed by atoms with Gasteiger partial charge in [-0.25, -0.2) is 14.8 Å². The summed E-state index contributed by atoms with van der Waals surface area (Å²) in [5, 5.41) is 14.0. The van der Waals surface area contributed by atoms with E-state index < -0.39 is 5.63 Å². The molecule has 3 aromatic heterocycles. The Kier molecular flexibility index (Phi) is 5.59. The maximum absolute atomic E-state index is 12.5. The van der Waals surface area contributed by atoms with Crippen molar-refractivity contribution in [2.45, 2.75) is 6.92 Å². The molecule has 0 unspecified atom stereocenters. The summed E-state index contributed by atoms with van der Waals surface area (Å²) in [7, 11) is 0. The predicted octanol–water partition coefficient (Wildman–Crippen LogP) is 7.25. The number of aromatic nitrogens is 2. The minimum Gasteiger partial charge on any atom is -0.422 e. The summed E-state index contributed by atoms with van der Waals surface area (Å²) in [6.45, 7) is 1.99. The fourth-order valence-corrected chi connectivity index (χ4v) is 4.83. The van der Waals surface area contributed by atoms with Crippen molar-refractivity contribution in [2.75, 3.05) is 0 Å². The average Bonchev–Trinajstić information content (AvgIpc) is 3.27. The van der Waals surface area contributed by atoms with Gasteiger partial charge in [-0.2, -0.15) is 5.26 Å². The van der Waals surface area contributed by atoms with E-state index in [0.717, 1.165) is 26.3 Å². The predicted molar refractivity (Wildman–Crippen MR) is 136 cm³/mol. The Hall–Kier alpha value is -3.31. The van der Waals surface area contributed by atoms with Crippen LogP contribution < -0.4 is 5.63 Å². The summed E-state index contributed by atoms with van der Waals surface area (Å²) >= 11 is 11.1. The van der Waals surface area contributed by atoms with Gasteiger partial charge in [0.25, 0.3) is 0 Å². The van der Waals surface area contributed by atoms with Crippen molar-refractivity contribution in [3.05, 3.63) is 90.1 Å². The highest BCUT2D eigenvalue weighted by atomic mass is 79.9. The zero-order valence-electron chi connectivity index (χ0n) is 17.1. The second kappa shape index (κ2) is 8.56. The maximum Gasteiger partial charge on any atom is 0.345 e. The summed E-state index contributed by atoms with van der Waals surface area (Å²) < 4.78 is 6.32. The number of thiazole rings is 1. The molecular weight excluding hydrogens is 522 g/mol. The topological polar surface area (TPSA) is 79.8 Å². The van der Waals surface area contributed by atoms with Crippen molar-refractivity contribution in [1.29, 1.82) is 5.26 Å². The highest BCUT2D eigenvalue weighted by molar-refractivity contribution is 9.10. The normalized spacial score (nSPS) is 11.8. The number of aryl methyl sites for hydroxylation is 1. The number of pyridine rings is 1. The van der Waals surface area contributed by atoms with Crippen LogP contribution in [-0.4, -0.2) is 9.97 Å². The van der Waals surface area contributed by atoms with Gasteiger partial charge in [0.15, 0.2) is 0 Å². The van der Waals surface area contributed by atoms with E-state index in [1.165, 1.54) is 11.3 Å². The molecule has 8 heteroatoms. The Morgan fingerprint density at radius 2 is 2.00 bits per heavy atom. The molecule has 0 amide bonds. The van der Waals surface area contributed by atoms with Gasteiger partial charge in [0.2, 0.25) is 0 Å². The third kappa shape index (κ3) is 4.21. The summed E-state index contributed by atoms with van der Waals surface area (Å²) in [6.07, 6.45) is 1.66. The van der Waals surface area contributed by atoms with Gasteiger partial charge in [0, 0.05) is 26.2 Å². The van der Waals surface area contributed by atoms with E-state index in [-0.39, 0.29) is 0 Å². The van der Waals surface area contributed by atoms with Crippen molar-refractivity contribution in [3.8, 4) is 17.3 Å². The Labute approximate surface area is 205 Å². The van der Waals surface area contributed by atoms with E-state index >= 15 is 0 Å². The number of benzene rings is 2. The zero-order chi connectivity index (χ0) is 23.1. The number of nitrogens with zero attached hydrogens (tertiary/aromatic N) is 3. The van der Waals surface area contributed by atoms with Crippen LogP contribution in [0, 0.1) is 18.3 Å². The largest absolute Gasteiger partial charge is 0.422 e. The molecule has 0 N–H and O–H groups in total. The minimum atomic E-state index is -0.485. The fourth-order valence-electron chi connectivity index (χ4n) is 3.46. The highest BCUT2D eigenvalue weighted by Gasteiger charge is 2.15. The quantitative estimate of drug-likeness (QED) is 0.138. The zero-order valence-corrected chi connectivity index (χ0v) is 20.3. The van der Waals surface area contributed by atoms with Gasteiger partial charge in [-0.05, 0) is 55.0 Å². The summed E-state index contributed by atoms with van der Waals surface area (Å²) in [6, 6.07) is 17.2. The molecule has 5 nitrogen and oxygen atoms in total. The average molecular weight is 535 g/mol. The van der Waals surface area contributed by atoms with Crippen LogP contribution >= 0.6 is 38.9 Å². The molecule has 3 heterocycles. The van der Waals surface area contributed by atoms with Crippen molar-refractivity contribution in [3.63, 3.8) is 0 Å². The maximum atomic E-state index is 12.5. The molecule has 0 aliphatic carbocycles. The van der Waals surface area contributed by atoms with E-state index in [4.69, 9.17) is 16.0 Å². The summed E-state index contributed by atoms with van der Waals surface area (Å²) in [5.74, 6) is 0. The number of allylic oxidation sites excluding steroid dienone is 1. The lowest BCUT2D eigenvalue weighted by atomic mass is 10.1. The van der Waals surface area contributed by atoms with Gasteiger partial charge in [-0.15, -0.1) is 11.3 Å². The first kappa shape index (κ1) is 21.5. The van der Waals surface area contributed by atoms with Crippen LogP contribution in [0.2, 0.25) is 5.15 Å². The van der Waals surface area contributed by atoms with Crippen LogP contribution in [0.1, 0.15) is 16.1 Å². The molecule has 0 aliphatic rings. The van der Waals surface area contributed by atoms with Gasteiger partial charge in [0.1, 0.15) is 21.8 Å². The third-order valence-corrected chi connectivity index (χ3v) is 6.75. The molecule has 0 spiro atoms. The lowest BCUT2D eigenvalue weighted by Gasteiger charge is -2.04. The van der Waals surface area contributed by atoms with E-state index in [1.54, 1.807) is 23.6 Å². The second-order valence-electron chi connectivity index (χ2n) is 7.40. The molecule has 0 aliphatic heterocycles. The van der Waals surface area contributed by atoms with Gasteiger partial charge in [-0.3, -0.25) is 0 Å². The molecule has 160 valence electrons. The minimum absolute atomic E-state index is 0.304. The SMILES string of the molecule is Cc1ccc2cc(/C=C(\C#N)c3nc(-c4cc5cc(Br)ccc5oc4=O)cs3)c(Cl)nc2c1. The number of halogens is 2. The second-order valence-corrected chi connectivity index (χ2v) is 9.53. The third-order valence-electron chi connectivity index (χ3n) is 5.08. The monoisotopic (exact) mass is 533 g/mol. The van der Waals surface area contributed by atoms with Gasteiger partial charge in [-0.1, -0.05) is 39.7 Å². The summed E-state index contributed by atoms with van der Waals surface area (Å²) in [4.78, 5) is 21.5. The van der Waals surface area contributed by atoms with Crippen LogP contribution in [0.3, 0.4) is 0 Å². The molecule has 0 fully saturated rings. The van der Waals surface area contributed by atoms with E-state index in [0.29, 0.717) is 38.1 Å². The summed E-state index contributed by atoms with van der Waals surface area (Å²) in [5.41, 5.74) is 3.63. The number of hydrogen-bond donors (Lipinski definition) is 0. The van der Waals surface area contributed by atoms with E-state index in [1.807, 2.05) is 43.3 Å². The molecular formula is C25H13BrClN3O2S. The Morgan fingerprint density at radius 1 is 1.15 bits per heavy atom. The van der Waals surface area contributed by atoms with Crippen molar-refractivity contribution in [1.82, 2.24) is 9.97 Å². The first-order valence-corrected chi connectivity index (χ1v) is 11.8. The fraction of sp³-hybridized carbons (Fsp3) is 0.0400. The molecule has 0 bridgehead atoms. The van der Waals surface area contributed by atoms with E-state index in [2.05, 4.69) is 32.0 Å². The standard InChI is InChI=1S/C25H13BrClN3O2S/c1-13-2-3-14-7-16(23(27)29-20(14)6-13)8-17(11-28)24-30-21(12-33-24)19-10-15-9-18(26)4-5-22(15)32-25(19)31/h2-10,12H,1H3/b17-8+. The lowest BCUT2D eigenvalue weighted by molar-refractivity contribution is 0.563. The van der Waals surface area contributed by atoms with Crippen LogP contribution in [0.15, 0.2) is 67.6 Å². The first-order valence-electron chi connectivity index (χ1n) is 9.79. The molecule has 0 saturated heterocycles. The molecule has 0 saturated carbocycles. The lowest BCUT2D eigenvalue weighted by Crippen LogP contribution is -2.02. The first-order chi connectivity index (χ1) is 15.9. The molecule has 2 aromatic carbocycles. The Balaban J connectivity index is 1.56. The Morgan fingerprint density at radius 3 is 2.82 bits per heavy atom. The van der Waals surface area contributed by atoms with Gasteiger partial charge in [0.05, 0.1) is 22.3 Å². The van der Waals surface area contributed by atoms with Crippen LogP contribution in [0.25, 0.3) is 44.8 Å². The molecule has 5 aromatic rings. The molecule has 33 heavy (non-hydrogen) atoms. The number of fused-ring (bicyclic) bond motifs is 2. The molecule has 0 radical (unpaired) electrons. The molecule has 5 rings (SSSR count). The van der Waals surface area contributed by atoms with Crippen molar-refractivity contribution < 1.29 is 4.42 Å². The van der Waals surface area contributed by atoms with Crippen LogP contribution in [0.5, 0.6) is 0 Å². The van der Waals surface area contributed by atoms with Crippen LogP contribution in [-0.2, 0) is 0 Å². The van der Waals surface area contributed by atoms with E-state index in [9.17, 15) is 10.1 Å². The van der Waals surface area contributed by atoms with Crippen molar-refractivity contribution in [2.24, 2.45) is 0 Å². The number of hydrogen-bond acceptors (Lipinski definition) is 6. The van der Waals surface area contributed by atoms with Crippen LogP contribution in [0.4, 0.5) is 0 Å². The van der Waals surface area contributed by atoms with Gasteiger partial charge < -0.3 is 4.42 Å². The highest BCUT2D eigenvalue weighted by Crippen LogP contribution is 2.30. The van der Waals surface area contributed by atoms with Gasteiger partial charge >= 0.3 is 5.63 Å².